The van der Waals surface area contributed by atoms with Crippen molar-refractivity contribution in [1.29, 1.82) is 0 Å². The van der Waals surface area contributed by atoms with E-state index in [4.69, 9.17) is 9.47 Å². The van der Waals surface area contributed by atoms with E-state index >= 15 is 0 Å². The number of aromatic amines is 1. The highest BCUT2D eigenvalue weighted by molar-refractivity contribution is 5.88. The molecule has 0 radical (unpaired) electrons. The molecule has 0 aliphatic carbocycles. The second-order valence-electron chi connectivity index (χ2n) is 7.83. The molecule has 5 nitrogen and oxygen atoms in total. The summed E-state index contributed by atoms with van der Waals surface area (Å²) in [5, 5.41) is 4.24. The van der Waals surface area contributed by atoms with Crippen molar-refractivity contribution in [2.24, 2.45) is 0 Å². The average molecular weight is 423 g/mol. The Morgan fingerprint density at radius 3 is 2.55 bits per heavy atom. The zero-order valence-corrected chi connectivity index (χ0v) is 19.1. The summed E-state index contributed by atoms with van der Waals surface area (Å²) in [6, 6.07) is 12.2. The topological polar surface area (TPSA) is 63.4 Å². The van der Waals surface area contributed by atoms with E-state index in [1.807, 2.05) is 24.4 Å². The fourth-order valence-corrected chi connectivity index (χ4v) is 4.26. The number of benzene rings is 2. The lowest BCUT2D eigenvalue weighted by Gasteiger charge is -2.21. The third-order valence-electron chi connectivity index (χ3n) is 5.89. The van der Waals surface area contributed by atoms with Crippen molar-refractivity contribution < 1.29 is 14.3 Å². The number of unbranched alkanes of at least 4 members (excludes halogenated alkanes) is 2. The van der Waals surface area contributed by atoms with Gasteiger partial charge in [0.25, 0.3) is 0 Å². The third-order valence-corrected chi connectivity index (χ3v) is 5.89. The SMILES string of the molecule is CCCCCNC(=O)CC(c1cccc(OC)c1OC)c1c[nH]c2c(CC)cccc12. The monoisotopic (exact) mass is 422 g/mol. The number of hydrogen-bond donors (Lipinski definition) is 2. The average Bonchev–Trinajstić information content (AvgIpc) is 3.23. The van der Waals surface area contributed by atoms with Crippen LogP contribution in [0.5, 0.6) is 11.5 Å². The van der Waals surface area contributed by atoms with Gasteiger partial charge in [0.1, 0.15) is 0 Å². The molecule has 1 atom stereocenters. The van der Waals surface area contributed by atoms with Gasteiger partial charge in [0.15, 0.2) is 11.5 Å². The molecule has 1 unspecified atom stereocenters. The minimum absolute atomic E-state index is 0.0481. The van der Waals surface area contributed by atoms with E-state index in [0.29, 0.717) is 24.5 Å². The maximum absolute atomic E-state index is 12.9. The summed E-state index contributed by atoms with van der Waals surface area (Å²) < 4.78 is 11.3. The molecule has 2 aromatic carbocycles. The quantitative estimate of drug-likeness (QED) is 0.397. The van der Waals surface area contributed by atoms with Gasteiger partial charge >= 0.3 is 0 Å². The number of carbonyl (C=O) groups excluding carboxylic acids is 1. The molecule has 1 amide bonds. The number of aromatic nitrogens is 1. The lowest BCUT2D eigenvalue weighted by molar-refractivity contribution is -0.121. The summed E-state index contributed by atoms with van der Waals surface area (Å²) in [4.78, 5) is 16.4. The number of para-hydroxylation sites is 2. The fraction of sp³-hybridized carbons (Fsp3) is 0.423. The Kier molecular flexibility index (Phi) is 7.99. The number of rotatable bonds is 11. The van der Waals surface area contributed by atoms with Crippen LogP contribution in [0.1, 0.15) is 62.1 Å². The van der Waals surface area contributed by atoms with Crippen molar-refractivity contribution in [3.05, 3.63) is 59.3 Å². The van der Waals surface area contributed by atoms with Crippen LogP contribution in [-0.4, -0.2) is 31.7 Å². The number of amides is 1. The van der Waals surface area contributed by atoms with Crippen LogP contribution in [-0.2, 0) is 11.2 Å². The Labute approximate surface area is 185 Å². The van der Waals surface area contributed by atoms with Crippen LogP contribution in [0.15, 0.2) is 42.6 Å². The molecule has 1 aromatic heterocycles. The Morgan fingerprint density at radius 1 is 1.03 bits per heavy atom. The standard InChI is InChI=1S/C26H34N2O3/c1-5-7-8-15-27-24(29)16-21(20-13-10-14-23(30-3)26(20)31-4)22-17-28-25-18(6-2)11-9-12-19(22)25/h9-14,17,21,28H,5-8,15-16H2,1-4H3,(H,27,29). The predicted octanol–water partition coefficient (Wildman–Crippen LogP) is 5.58. The Hall–Kier alpha value is -2.95. The van der Waals surface area contributed by atoms with Crippen molar-refractivity contribution in [2.75, 3.05) is 20.8 Å². The van der Waals surface area contributed by atoms with Gasteiger partial charge in [-0.15, -0.1) is 0 Å². The number of aryl methyl sites for hydroxylation is 1. The summed E-state index contributed by atoms with van der Waals surface area (Å²) in [5.41, 5.74) is 4.45. The van der Waals surface area contributed by atoms with Crippen LogP contribution in [0.4, 0.5) is 0 Å². The van der Waals surface area contributed by atoms with Crippen LogP contribution in [0, 0.1) is 0 Å². The molecule has 166 valence electrons. The van der Waals surface area contributed by atoms with Gasteiger partial charge in [-0.2, -0.15) is 0 Å². The largest absolute Gasteiger partial charge is 0.493 e. The van der Waals surface area contributed by atoms with E-state index < -0.39 is 0 Å². The van der Waals surface area contributed by atoms with Crippen LogP contribution >= 0.6 is 0 Å². The molecule has 3 rings (SSSR count). The molecular formula is C26H34N2O3. The number of ether oxygens (including phenoxy) is 2. The van der Waals surface area contributed by atoms with Gasteiger partial charge in [-0.25, -0.2) is 0 Å². The van der Waals surface area contributed by atoms with Gasteiger partial charge in [-0.3, -0.25) is 4.79 Å². The van der Waals surface area contributed by atoms with E-state index in [2.05, 4.69) is 42.3 Å². The molecule has 0 fully saturated rings. The molecule has 0 spiro atoms. The zero-order valence-electron chi connectivity index (χ0n) is 19.1. The van der Waals surface area contributed by atoms with Crippen LogP contribution in [0.2, 0.25) is 0 Å². The van der Waals surface area contributed by atoms with Crippen molar-refractivity contribution >= 4 is 16.8 Å². The Morgan fingerprint density at radius 2 is 1.84 bits per heavy atom. The Balaban J connectivity index is 2.03. The molecule has 31 heavy (non-hydrogen) atoms. The molecule has 5 heteroatoms. The highest BCUT2D eigenvalue weighted by atomic mass is 16.5. The normalized spacial score (nSPS) is 12.0. The molecule has 0 saturated carbocycles. The minimum atomic E-state index is -0.155. The van der Waals surface area contributed by atoms with Gasteiger partial charge in [-0.05, 0) is 30.0 Å². The van der Waals surface area contributed by atoms with E-state index in [1.54, 1.807) is 14.2 Å². The number of hydrogen-bond acceptors (Lipinski definition) is 3. The molecule has 2 N–H and O–H groups in total. The molecule has 0 aliphatic rings. The first-order chi connectivity index (χ1) is 15.1. The number of carbonyl (C=O) groups is 1. The first-order valence-corrected chi connectivity index (χ1v) is 11.2. The van der Waals surface area contributed by atoms with Gasteiger partial charge < -0.3 is 19.8 Å². The summed E-state index contributed by atoms with van der Waals surface area (Å²) >= 11 is 0. The number of methoxy groups -OCH3 is 2. The Bertz CT molecular complexity index is 1010. The second kappa shape index (κ2) is 10.9. The van der Waals surface area contributed by atoms with Crippen molar-refractivity contribution in [2.45, 2.75) is 51.9 Å². The molecule has 1 heterocycles. The molecule has 3 aromatic rings. The van der Waals surface area contributed by atoms with E-state index in [1.165, 1.54) is 5.56 Å². The molecule has 0 bridgehead atoms. The van der Waals surface area contributed by atoms with Crippen molar-refractivity contribution in [1.82, 2.24) is 10.3 Å². The first-order valence-electron chi connectivity index (χ1n) is 11.2. The van der Waals surface area contributed by atoms with Gasteiger partial charge in [-0.1, -0.05) is 57.0 Å². The van der Waals surface area contributed by atoms with Gasteiger partial charge in [0.05, 0.1) is 14.2 Å². The third kappa shape index (κ3) is 5.04. The van der Waals surface area contributed by atoms with E-state index in [0.717, 1.165) is 47.7 Å². The number of H-pyrrole nitrogens is 1. The molecule has 0 aliphatic heterocycles. The number of fused-ring (bicyclic) bond motifs is 1. The summed E-state index contributed by atoms with van der Waals surface area (Å²) in [5.74, 6) is 1.24. The highest BCUT2D eigenvalue weighted by Gasteiger charge is 2.26. The van der Waals surface area contributed by atoms with E-state index in [9.17, 15) is 4.79 Å². The summed E-state index contributed by atoms with van der Waals surface area (Å²) in [7, 11) is 3.28. The maximum Gasteiger partial charge on any atom is 0.220 e. The van der Waals surface area contributed by atoms with Crippen LogP contribution in [0.25, 0.3) is 10.9 Å². The van der Waals surface area contributed by atoms with Crippen molar-refractivity contribution in [3.8, 4) is 11.5 Å². The highest BCUT2D eigenvalue weighted by Crippen LogP contribution is 2.42. The summed E-state index contributed by atoms with van der Waals surface area (Å²) in [6.45, 7) is 5.03. The smallest absolute Gasteiger partial charge is 0.220 e. The lowest BCUT2D eigenvalue weighted by Crippen LogP contribution is -2.26. The fourth-order valence-electron chi connectivity index (χ4n) is 4.26. The lowest BCUT2D eigenvalue weighted by atomic mass is 9.86. The van der Waals surface area contributed by atoms with Gasteiger partial charge in [0, 0.05) is 41.5 Å². The molecular weight excluding hydrogens is 388 g/mol. The second-order valence-corrected chi connectivity index (χ2v) is 7.83. The van der Waals surface area contributed by atoms with Crippen molar-refractivity contribution in [3.63, 3.8) is 0 Å². The predicted molar refractivity (Wildman–Crippen MR) is 126 cm³/mol. The van der Waals surface area contributed by atoms with Crippen LogP contribution < -0.4 is 14.8 Å². The maximum atomic E-state index is 12.9. The molecule has 0 saturated heterocycles. The van der Waals surface area contributed by atoms with Crippen LogP contribution in [0.3, 0.4) is 0 Å². The first kappa shape index (κ1) is 22.7. The zero-order chi connectivity index (χ0) is 22.2. The number of nitrogens with one attached hydrogen (secondary N) is 2. The van der Waals surface area contributed by atoms with Gasteiger partial charge in [0.2, 0.25) is 5.91 Å². The minimum Gasteiger partial charge on any atom is -0.493 e. The van der Waals surface area contributed by atoms with E-state index in [-0.39, 0.29) is 11.8 Å². The summed E-state index contributed by atoms with van der Waals surface area (Å²) in [6.07, 6.45) is 6.59.